The average Bonchev–Trinajstić information content (AvgIpc) is 2.61. The Morgan fingerprint density at radius 3 is 2.61 bits per heavy atom. The van der Waals surface area contributed by atoms with Crippen molar-refractivity contribution in [2.75, 3.05) is 31.5 Å². The van der Waals surface area contributed by atoms with Gasteiger partial charge in [0.05, 0.1) is 5.52 Å². The Kier molecular flexibility index (Phi) is 6.27. The fraction of sp³-hybridized carbons (Fsp3) is 0.550. The van der Waals surface area contributed by atoms with E-state index in [1.165, 1.54) is 70.0 Å². The van der Waals surface area contributed by atoms with E-state index in [9.17, 15) is 0 Å². The largest absolute Gasteiger partial charge is 0.370 e. The normalized spacial score (nSPS) is 15.8. The summed E-state index contributed by atoms with van der Waals surface area (Å²) in [6.45, 7) is 4.99. The van der Waals surface area contributed by atoms with Gasteiger partial charge in [0, 0.05) is 11.9 Å². The van der Waals surface area contributed by atoms with E-state index in [0.717, 1.165) is 17.9 Å². The Hall–Kier alpha value is -1.61. The summed E-state index contributed by atoms with van der Waals surface area (Å²) >= 11 is 0. The smallest absolute Gasteiger partial charge is 0.126 e. The topological polar surface area (TPSA) is 28.2 Å². The molecule has 0 aliphatic carbocycles. The number of aromatic nitrogens is 1. The number of unbranched alkanes of at least 4 members (excludes halogenated alkanes) is 3. The van der Waals surface area contributed by atoms with Crippen molar-refractivity contribution in [1.82, 2.24) is 9.88 Å². The third-order valence-corrected chi connectivity index (χ3v) is 4.75. The zero-order valence-corrected chi connectivity index (χ0v) is 14.1. The highest BCUT2D eigenvalue weighted by molar-refractivity contribution is 5.79. The second-order valence-corrected chi connectivity index (χ2v) is 6.63. The van der Waals surface area contributed by atoms with Gasteiger partial charge < -0.3 is 10.2 Å². The molecule has 3 heteroatoms. The highest BCUT2D eigenvalue weighted by Gasteiger charge is 2.08. The van der Waals surface area contributed by atoms with Gasteiger partial charge >= 0.3 is 0 Å². The molecule has 0 bridgehead atoms. The summed E-state index contributed by atoms with van der Waals surface area (Å²) in [5.74, 6) is 0.997. The van der Waals surface area contributed by atoms with Crippen LogP contribution in [0.1, 0.15) is 44.9 Å². The molecule has 0 unspecified atom stereocenters. The van der Waals surface area contributed by atoms with Gasteiger partial charge in [-0.05, 0) is 63.5 Å². The first kappa shape index (κ1) is 16.3. The number of anilines is 1. The predicted octanol–water partition coefficient (Wildman–Crippen LogP) is 4.69. The highest BCUT2D eigenvalue weighted by Crippen LogP contribution is 2.15. The standard InChI is InChI=1S/C20H29N3/c1(2-7-15-23-16-8-3-9-17-23)6-14-21-20-13-12-18-10-4-5-11-19(18)22-20/h4-5,10-13H,1-3,6-9,14-17H2,(H,21,22). The first-order chi connectivity index (χ1) is 11.4. The van der Waals surface area contributed by atoms with E-state index in [4.69, 9.17) is 0 Å². The molecule has 0 spiro atoms. The van der Waals surface area contributed by atoms with Gasteiger partial charge in [-0.15, -0.1) is 0 Å². The van der Waals surface area contributed by atoms with Crippen molar-refractivity contribution in [3.05, 3.63) is 36.4 Å². The Labute approximate surface area is 140 Å². The summed E-state index contributed by atoms with van der Waals surface area (Å²) in [7, 11) is 0. The SMILES string of the molecule is c1ccc2nc(NCCCCCCN3CCCCC3)ccc2c1. The summed E-state index contributed by atoms with van der Waals surface area (Å²) in [4.78, 5) is 7.29. The molecule has 23 heavy (non-hydrogen) atoms. The number of para-hydroxylation sites is 1. The fourth-order valence-electron chi connectivity index (χ4n) is 3.38. The zero-order chi connectivity index (χ0) is 15.7. The third-order valence-electron chi connectivity index (χ3n) is 4.75. The molecule has 124 valence electrons. The predicted molar refractivity (Wildman–Crippen MR) is 99.0 cm³/mol. The molecular formula is C20H29N3. The molecule has 0 saturated carbocycles. The highest BCUT2D eigenvalue weighted by atomic mass is 15.1. The lowest BCUT2D eigenvalue weighted by molar-refractivity contribution is 0.224. The number of pyridine rings is 1. The van der Waals surface area contributed by atoms with E-state index in [0.29, 0.717) is 0 Å². The van der Waals surface area contributed by atoms with Crippen LogP contribution in [-0.2, 0) is 0 Å². The number of rotatable bonds is 8. The molecule has 1 N–H and O–H groups in total. The minimum atomic E-state index is 0.997. The van der Waals surface area contributed by atoms with Crippen LogP contribution in [0.25, 0.3) is 10.9 Å². The maximum absolute atomic E-state index is 4.65. The van der Waals surface area contributed by atoms with Gasteiger partial charge in [-0.3, -0.25) is 0 Å². The van der Waals surface area contributed by atoms with Gasteiger partial charge in [-0.2, -0.15) is 0 Å². The van der Waals surface area contributed by atoms with E-state index in [1.807, 2.05) is 6.07 Å². The van der Waals surface area contributed by atoms with Crippen LogP contribution in [-0.4, -0.2) is 36.1 Å². The molecule has 3 nitrogen and oxygen atoms in total. The molecule has 1 aromatic heterocycles. The van der Waals surface area contributed by atoms with E-state index >= 15 is 0 Å². The van der Waals surface area contributed by atoms with Crippen LogP contribution in [0.2, 0.25) is 0 Å². The first-order valence-electron chi connectivity index (χ1n) is 9.24. The lowest BCUT2D eigenvalue weighted by Crippen LogP contribution is -2.30. The molecule has 0 radical (unpaired) electrons. The van der Waals surface area contributed by atoms with Gasteiger partial charge in [0.15, 0.2) is 0 Å². The monoisotopic (exact) mass is 311 g/mol. The fourth-order valence-corrected chi connectivity index (χ4v) is 3.38. The molecule has 1 saturated heterocycles. The maximum Gasteiger partial charge on any atom is 0.126 e. The maximum atomic E-state index is 4.65. The lowest BCUT2D eigenvalue weighted by Gasteiger charge is -2.26. The minimum Gasteiger partial charge on any atom is -0.370 e. The molecule has 0 atom stereocenters. The molecule has 1 aromatic carbocycles. The molecule has 0 amide bonds. The van der Waals surface area contributed by atoms with Gasteiger partial charge in [0.25, 0.3) is 0 Å². The number of hydrogen-bond acceptors (Lipinski definition) is 3. The van der Waals surface area contributed by atoms with Crippen molar-refractivity contribution >= 4 is 16.7 Å². The number of hydrogen-bond donors (Lipinski definition) is 1. The molecule has 1 aliphatic heterocycles. The Morgan fingerprint density at radius 2 is 1.70 bits per heavy atom. The van der Waals surface area contributed by atoms with Gasteiger partial charge in [-0.25, -0.2) is 4.98 Å². The summed E-state index contributed by atoms with van der Waals surface area (Å²) in [6, 6.07) is 12.5. The van der Waals surface area contributed by atoms with Crippen LogP contribution >= 0.6 is 0 Å². The average molecular weight is 311 g/mol. The second-order valence-electron chi connectivity index (χ2n) is 6.63. The number of fused-ring (bicyclic) bond motifs is 1. The van der Waals surface area contributed by atoms with Crippen LogP contribution in [0, 0.1) is 0 Å². The van der Waals surface area contributed by atoms with E-state index in [1.54, 1.807) is 0 Å². The zero-order valence-electron chi connectivity index (χ0n) is 14.1. The molecule has 1 fully saturated rings. The van der Waals surface area contributed by atoms with Crippen molar-refractivity contribution in [1.29, 1.82) is 0 Å². The molecular weight excluding hydrogens is 282 g/mol. The van der Waals surface area contributed by atoms with Crippen LogP contribution in [0.3, 0.4) is 0 Å². The lowest BCUT2D eigenvalue weighted by atomic mass is 10.1. The van der Waals surface area contributed by atoms with Crippen LogP contribution < -0.4 is 5.32 Å². The van der Waals surface area contributed by atoms with Gasteiger partial charge in [0.1, 0.15) is 5.82 Å². The van der Waals surface area contributed by atoms with Crippen LogP contribution in [0.5, 0.6) is 0 Å². The van der Waals surface area contributed by atoms with Crippen molar-refractivity contribution < 1.29 is 0 Å². The number of nitrogens with zero attached hydrogens (tertiary/aromatic N) is 2. The van der Waals surface area contributed by atoms with Gasteiger partial charge in [-0.1, -0.05) is 37.5 Å². The van der Waals surface area contributed by atoms with Crippen molar-refractivity contribution in [2.45, 2.75) is 44.9 Å². The second kappa shape index (κ2) is 8.88. The molecule has 2 heterocycles. The Balaban J connectivity index is 1.28. The summed E-state index contributed by atoms with van der Waals surface area (Å²) < 4.78 is 0. The minimum absolute atomic E-state index is 0.997. The molecule has 2 aromatic rings. The quantitative estimate of drug-likeness (QED) is 0.717. The Morgan fingerprint density at radius 1 is 0.870 bits per heavy atom. The van der Waals surface area contributed by atoms with E-state index in [2.05, 4.69) is 45.5 Å². The number of benzene rings is 1. The van der Waals surface area contributed by atoms with Gasteiger partial charge in [0.2, 0.25) is 0 Å². The summed E-state index contributed by atoms with van der Waals surface area (Å²) in [5.41, 5.74) is 1.07. The van der Waals surface area contributed by atoms with Crippen LogP contribution in [0.4, 0.5) is 5.82 Å². The van der Waals surface area contributed by atoms with Crippen molar-refractivity contribution in [2.24, 2.45) is 0 Å². The van der Waals surface area contributed by atoms with E-state index in [-0.39, 0.29) is 0 Å². The molecule has 3 rings (SSSR count). The summed E-state index contributed by atoms with van der Waals surface area (Å²) in [5, 5.41) is 4.66. The van der Waals surface area contributed by atoms with Crippen LogP contribution in [0.15, 0.2) is 36.4 Å². The number of likely N-dealkylation sites (tertiary alicyclic amines) is 1. The van der Waals surface area contributed by atoms with E-state index < -0.39 is 0 Å². The number of piperidine rings is 1. The summed E-state index contributed by atoms with van der Waals surface area (Å²) in [6.07, 6.45) is 9.50. The van der Waals surface area contributed by atoms with Crippen molar-refractivity contribution in [3.8, 4) is 0 Å². The Bertz CT molecular complexity index is 590. The number of nitrogens with one attached hydrogen (secondary N) is 1. The molecule has 1 aliphatic rings. The first-order valence-corrected chi connectivity index (χ1v) is 9.24. The third kappa shape index (κ3) is 5.21. The van der Waals surface area contributed by atoms with Crippen molar-refractivity contribution in [3.63, 3.8) is 0 Å².